The maximum absolute atomic E-state index is 13.1. The van der Waals surface area contributed by atoms with Gasteiger partial charge in [0.2, 0.25) is 5.91 Å². The predicted molar refractivity (Wildman–Crippen MR) is 59.4 cm³/mol. The van der Waals surface area contributed by atoms with Crippen molar-refractivity contribution in [2.24, 2.45) is 11.7 Å². The third-order valence-corrected chi connectivity index (χ3v) is 2.91. The van der Waals surface area contributed by atoms with Crippen LogP contribution >= 0.6 is 0 Å². The number of amides is 1. The van der Waals surface area contributed by atoms with Crippen LogP contribution in [0.15, 0.2) is 18.2 Å². The highest BCUT2D eigenvalue weighted by molar-refractivity contribution is 5.77. The number of halogens is 3. The van der Waals surface area contributed by atoms with Crippen molar-refractivity contribution >= 4 is 5.91 Å². The van der Waals surface area contributed by atoms with E-state index in [0.29, 0.717) is 12.8 Å². The smallest absolute Gasteiger partial charge is 0.387 e. The number of carbonyl (C=O) groups is 1. The van der Waals surface area contributed by atoms with E-state index in [1.807, 2.05) is 0 Å². The van der Waals surface area contributed by atoms with Gasteiger partial charge in [-0.2, -0.15) is 8.78 Å². The molecule has 2 rings (SSSR count). The Labute approximate surface area is 107 Å². The zero-order valence-electron chi connectivity index (χ0n) is 9.81. The molecule has 4 nitrogen and oxygen atoms in total. The number of hydrogen-bond donors (Lipinski definition) is 1. The lowest BCUT2D eigenvalue weighted by molar-refractivity contribution is -0.127. The van der Waals surface area contributed by atoms with Gasteiger partial charge in [-0.1, -0.05) is 0 Å². The molecule has 1 aliphatic carbocycles. The van der Waals surface area contributed by atoms with Crippen molar-refractivity contribution in [1.82, 2.24) is 0 Å². The number of nitrogens with two attached hydrogens (primary N) is 1. The molecule has 0 atom stereocenters. The van der Waals surface area contributed by atoms with Crippen molar-refractivity contribution in [3.05, 3.63) is 24.0 Å². The molecule has 0 aliphatic heterocycles. The van der Waals surface area contributed by atoms with Crippen molar-refractivity contribution in [2.75, 3.05) is 0 Å². The molecule has 1 aromatic carbocycles. The molecule has 0 radical (unpaired) electrons. The van der Waals surface area contributed by atoms with Gasteiger partial charge in [0, 0.05) is 12.0 Å². The van der Waals surface area contributed by atoms with Gasteiger partial charge in [0.05, 0.1) is 0 Å². The van der Waals surface area contributed by atoms with E-state index >= 15 is 0 Å². The second-order valence-corrected chi connectivity index (χ2v) is 4.28. The molecule has 0 spiro atoms. The van der Waals surface area contributed by atoms with Gasteiger partial charge in [-0.15, -0.1) is 0 Å². The van der Waals surface area contributed by atoms with Crippen molar-refractivity contribution in [3.63, 3.8) is 0 Å². The van der Waals surface area contributed by atoms with Gasteiger partial charge in [0.1, 0.15) is 11.9 Å². The summed E-state index contributed by atoms with van der Waals surface area (Å²) >= 11 is 0. The molecule has 1 saturated carbocycles. The van der Waals surface area contributed by atoms with Crippen LogP contribution in [0.25, 0.3) is 0 Å². The summed E-state index contributed by atoms with van der Waals surface area (Å²) in [7, 11) is 0. The van der Waals surface area contributed by atoms with E-state index in [1.54, 1.807) is 0 Å². The predicted octanol–water partition coefficient (Wildman–Crippen LogP) is 2.07. The molecule has 0 heterocycles. The minimum atomic E-state index is -3.02. The van der Waals surface area contributed by atoms with Crippen LogP contribution in [-0.4, -0.2) is 18.6 Å². The summed E-state index contributed by atoms with van der Waals surface area (Å²) in [6, 6.07) is 3.04. The van der Waals surface area contributed by atoms with Crippen LogP contribution < -0.4 is 15.2 Å². The fourth-order valence-electron chi connectivity index (χ4n) is 1.84. The average molecular weight is 275 g/mol. The molecule has 0 aromatic heterocycles. The molecule has 1 amide bonds. The van der Waals surface area contributed by atoms with E-state index in [2.05, 4.69) is 4.74 Å². The van der Waals surface area contributed by atoms with E-state index in [9.17, 15) is 18.0 Å². The molecule has 1 aliphatic rings. The van der Waals surface area contributed by atoms with Crippen LogP contribution in [0.3, 0.4) is 0 Å². The molecule has 0 bridgehead atoms. The fraction of sp³-hybridized carbons (Fsp3) is 0.417. The van der Waals surface area contributed by atoms with Crippen molar-refractivity contribution in [2.45, 2.75) is 25.6 Å². The average Bonchev–Trinajstić information content (AvgIpc) is 2.25. The van der Waals surface area contributed by atoms with Crippen LogP contribution in [0, 0.1) is 11.7 Å². The lowest BCUT2D eigenvalue weighted by Crippen LogP contribution is -2.41. The summed E-state index contributed by atoms with van der Waals surface area (Å²) in [4.78, 5) is 10.8. The molecule has 1 aromatic rings. The molecule has 0 unspecified atom stereocenters. The molecular weight excluding hydrogens is 263 g/mol. The quantitative estimate of drug-likeness (QED) is 0.894. The van der Waals surface area contributed by atoms with Crippen LogP contribution in [0.1, 0.15) is 12.8 Å². The van der Waals surface area contributed by atoms with E-state index in [1.165, 1.54) is 0 Å². The SMILES string of the molecule is NC(=O)[C@H]1C[C@H](Oc2cc(F)ccc2OC(F)F)C1. The van der Waals surface area contributed by atoms with Crippen LogP contribution in [0.4, 0.5) is 13.2 Å². The zero-order chi connectivity index (χ0) is 14.0. The summed E-state index contributed by atoms with van der Waals surface area (Å²) in [5, 5.41) is 0. The van der Waals surface area contributed by atoms with E-state index < -0.39 is 18.3 Å². The standard InChI is InChI=1S/C12H12F3NO3/c13-7-1-2-9(19-12(14)15)10(5-7)18-8-3-6(4-8)11(16)17/h1-2,5-6,8,12H,3-4H2,(H2,16,17)/t6-,8-. The number of benzene rings is 1. The lowest BCUT2D eigenvalue weighted by Gasteiger charge is -2.33. The Morgan fingerprint density at radius 3 is 2.58 bits per heavy atom. The highest BCUT2D eigenvalue weighted by Gasteiger charge is 2.35. The Morgan fingerprint density at radius 1 is 1.32 bits per heavy atom. The largest absolute Gasteiger partial charge is 0.486 e. The Balaban J connectivity index is 2.03. The van der Waals surface area contributed by atoms with E-state index in [0.717, 1.165) is 18.2 Å². The van der Waals surface area contributed by atoms with Gasteiger partial charge >= 0.3 is 6.61 Å². The van der Waals surface area contributed by atoms with Gasteiger partial charge in [0.25, 0.3) is 0 Å². The zero-order valence-corrected chi connectivity index (χ0v) is 9.81. The summed E-state index contributed by atoms with van der Waals surface area (Å²) < 4.78 is 47.0. The Bertz CT molecular complexity index is 475. The van der Waals surface area contributed by atoms with Crippen LogP contribution in [-0.2, 0) is 4.79 Å². The van der Waals surface area contributed by atoms with Gasteiger partial charge in [-0.05, 0) is 25.0 Å². The second kappa shape index (κ2) is 5.38. The Hall–Kier alpha value is -1.92. The lowest BCUT2D eigenvalue weighted by atomic mass is 9.82. The molecule has 1 fully saturated rings. The maximum Gasteiger partial charge on any atom is 0.387 e. The number of carbonyl (C=O) groups excluding carboxylic acids is 1. The third kappa shape index (κ3) is 3.30. The fourth-order valence-corrected chi connectivity index (χ4v) is 1.84. The van der Waals surface area contributed by atoms with Gasteiger partial charge < -0.3 is 15.2 Å². The van der Waals surface area contributed by atoms with Crippen molar-refractivity contribution in [3.8, 4) is 11.5 Å². The summed E-state index contributed by atoms with van der Waals surface area (Å²) in [6.45, 7) is -3.02. The first-order valence-electron chi connectivity index (χ1n) is 5.66. The second-order valence-electron chi connectivity index (χ2n) is 4.28. The molecule has 2 N–H and O–H groups in total. The molecular formula is C12H12F3NO3. The minimum Gasteiger partial charge on any atom is -0.486 e. The van der Waals surface area contributed by atoms with Gasteiger partial charge in [-0.25, -0.2) is 4.39 Å². The highest BCUT2D eigenvalue weighted by Crippen LogP contribution is 2.36. The molecule has 7 heteroatoms. The Kier molecular flexibility index (Phi) is 3.82. The highest BCUT2D eigenvalue weighted by atomic mass is 19.3. The van der Waals surface area contributed by atoms with Crippen molar-refractivity contribution < 1.29 is 27.4 Å². The summed E-state index contributed by atoms with van der Waals surface area (Å²) in [5.74, 6) is -1.67. The Morgan fingerprint density at radius 2 is 2.00 bits per heavy atom. The number of hydrogen-bond acceptors (Lipinski definition) is 3. The van der Waals surface area contributed by atoms with E-state index in [-0.39, 0.29) is 23.5 Å². The van der Waals surface area contributed by atoms with Crippen molar-refractivity contribution in [1.29, 1.82) is 0 Å². The maximum atomic E-state index is 13.1. The van der Waals surface area contributed by atoms with E-state index in [4.69, 9.17) is 10.5 Å². The number of primary amides is 1. The monoisotopic (exact) mass is 275 g/mol. The van der Waals surface area contributed by atoms with Crippen LogP contribution in [0.2, 0.25) is 0 Å². The summed E-state index contributed by atoms with van der Waals surface area (Å²) in [6.07, 6.45) is 0.430. The number of alkyl halides is 2. The normalized spacial score (nSPS) is 21.9. The van der Waals surface area contributed by atoms with Gasteiger partial charge in [0.15, 0.2) is 11.5 Å². The number of ether oxygens (including phenoxy) is 2. The first kappa shape index (κ1) is 13.5. The topological polar surface area (TPSA) is 61.6 Å². The molecule has 0 saturated heterocycles. The third-order valence-electron chi connectivity index (χ3n) is 2.91. The molecule has 19 heavy (non-hydrogen) atoms. The number of rotatable bonds is 5. The minimum absolute atomic E-state index is 0.103. The first-order valence-corrected chi connectivity index (χ1v) is 5.66. The molecule has 104 valence electrons. The van der Waals surface area contributed by atoms with Gasteiger partial charge in [-0.3, -0.25) is 4.79 Å². The van der Waals surface area contributed by atoms with Crippen LogP contribution in [0.5, 0.6) is 11.5 Å². The first-order chi connectivity index (χ1) is 8.95. The summed E-state index contributed by atoms with van der Waals surface area (Å²) in [5.41, 5.74) is 5.09.